The zero-order valence-electron chi connectivity index (χ0n) is 16.3. The van der Waals surface area contributed by atoms with Gasteiger partial charge in [-0.05, 0) is 38.2 Å². The number of anilines is 1. The molecule has 0 aliphatic carbocycles. The SMILES string of the molecule is Cc1nc(N2CCC(C)([C@@H](C)N)CC2)c(CO)nc1Sc1ccnc(O)c1Cl. The Morgan fingerprint density at radius 1 is 1.36 bits per heavy atom. The number of nitrogens with two attached hydrogens (primary N) is 1. The van der Waals surface area contributed by atoms with Crippen LogP contribution in [0.1, 0.15) is 38.1 Å². The van der Waals surface area contributed by atoms with E-state index in [-0.39, 0.29) is 29.0 Å². The number of aliphatic hydroxyl groups is 1. The molecule has 152 valence electrons. The average Bonchev–Trinajstić information content (AvgIpc) is 2.67. The van der Waals surface area contributed by atoms with Crippen LogP contribution in [0.5, 0.6) is 5.88 Å². The second-order valence-corrected chi connectivity index (χ2v) is 8.93. The van der Waals surface area contributed by atoms with Crippen molar-refractivity contribution in [3.8, 4) is 5.88 Å². The highest BCUT2D eigenvalue weighted by molar-refractivity contribution is 7.99. The molecule has 0 spiro atoms. The Kier molecular flexibility index (Phi) is 6.34. The van der Waals surface area contributed by atoms with Crippen LogP contribution in [-0.4, -0.2) is 44.3 Å². The van der Waals surface area contributed by atoms with Gasteiger partial charge in [-0.1, -0.05) is 30.3 Å². The number of piperidine rings is 1. The standard InChI is InChI=1S/C19H26ClN5O2S/c1-11-18(28-14-4-7-22-17(27)15(14)20)24-13(10-26)16(23-11)25-8-5-19(3,6-9-25)12(2)21/h4,7,12,26H,5-6,8-10,21H2,1-3H3,(H,22,27)/t12-/m1/s1. The van der Waals surface area contributed by atoms with Crippen LogP contribution in [0, 0.1) is 12.3 Å². The lowest BCUT2D eigenvalue weighted by molar-refractivity contribution is 0.204. The zero-order valence-corrected chi connectivity index (χ0v) is 17.9. The van der Waals surface area contributed by atoms with E-state index >= 15 is 0 Å². The summed E-state index contributed by atoms with van der Waals surface area (Å²) < 4.78 is 0. The van der Waals surface area contributed by atoms with E-state index in [1.54, 1.807) is 6.07 Å². The predicted molar refractivity (Wildman–Crippen MR) is 111 cm³/mol. The minimum absolute atomic E-state index is 0.119. The van der Waals surface area contributed by atoms with Crippen LogP contribution in [0.4, 0.5) is 5.82 Å². The Morgan fingerprint density at radius 3 is 2.64 bits per heavy atom. The first-order valence-corrected chi connectivity index (χ1v) is 10.4. The molecule has 0 saturated carbocycles. The highest BCUT2D eigenvalue weighted by atomic mass is 35.5. The quantitative estimate of drug-likeness (QED) is 0.673. The molecule has 3 rings (SSSR count). The van der Waals surface area contributed by atoms with Crippen LogP contribution in [0.3, 0.4) is 0 Å². The molecular weight excluding hydrogens is 398 g/mol. The number of nitrogens with zero attached hydrogens (tertiary/aromatic N) is 4. The van der Waals surface area contributed by atoms with E-state index in [1.165, 1.54) is 18.0 Å². The van der Waals surface area contributed by atoms with Crippen LogP contribution < -0.4 is 10.6 Å². The molecule has 7 nitrogen and oxygen atoms in total. The summed E-state index contributed by atoms with van der Waals surface area (Å²) in [4.78, 5) is 15.9. The maximum Gasteiger partial charge on any atom is 0.231 e. The van der Waals surface area contributed by atoms with Gasteiger partial charge in [-0.3, -0.25) is 0 Å². The molecule has 4 N–H and O–H groups in total. The molecule has 28 heavy (non-hydrogen) atoms. The summed E-state index contributed by atoms with van der Waals surface area (Å²) in [7, 11) is 0. The van der Waals surface area contributed by atoms with E-state index in [0.717, 1.165) is 37.4 Å². The summed E-state index contributed by atoms with van der Waals surface area (Å²) in [5, 5.41) is 20.4. The van der Waals surface area contributed by atoms with E-state index in [0.29, 0.717) is 15.6 Å². The van der Waals surface area contributed by atoms with Gasteiger partial charge < -0.3 is 20.8 Å². The van der Waals surface area contributed by atoms with E-state index < -0.39 is 0 Å². The second kappa shape index (κ2) is 8.41. The number of halogens is 1. The molecule has 0 radical (unpaired) electrons. The Morgan fingerprint density at radius 2 is 2.04 bits per heavy atom. The van der Waals surface area contributed by atoms with Crippen molar-refractivity contribution in [1.82, 2.24) is 15.0 Å². The number of hydrogen-bond donors (Lipinski definition) is 3. The van der Waals surface area contributed by atoms with E-state index in [2.05, 4.69) is 28.7 Å². The second-order valence-electron chi connectivity index (χ2n) is 7.52. The molecule has 1 aliphatic rings. The van der Waals surface area contributed by atoms with Gasteiger partial charge in [-0.2, -0.15) is 0 Å². The fourth-order valence-corrected chi connectivity index (χ4v) is 4.36. The summed E-state index contributed by atoms with van der Waals surface area (Å²) in [5.41, 5.74) is 7.55. The third-order valence-electron chi connectivity index (χ3n) is 5.57. The first kappa shape index (κ1) is 21.1. The summed E-state index contributed by atoms with van der Waals surface area (Å²) in [5.74, 6) is 0.501. The molecule has 2 aromatic rings. The average molecular weight is 424 g/mol. The smallest absolute Gasteiger partial charge is 0.231 e. The molecule has 1 fully saturated rings. The monoisotopic (exact) mass is 423 g/mol. The lowest BCUT2D eigenvalue weighted by atomic mass is 9.75. The van der Waals surface area contributed by atoms with Crippen molar-refractivity contribution in [2.75, 3.05) is 18.0 Å². The minimum Gasteiger partial charge on any atom is -0.492 e. The highest BCUT2D eigenvalue weighted by Crippen LogP contribution is 2.39. The number of rotatable bonds is 5. The molecule has 1 atom stereocenters. The number of aliphatic hydroxyl groups excluding tert-OH is 1. The maximum absolute atomic E-state index is 9.89. The first-order chi connectivity index (χ1) is 13.2. The number of aryl methyl sites for hydroxylation is 1. The van der Waals surface area contributed by atoms with Crippen LogP contribution in [0.2, 0.25) is 5.02 Å². The lowest BCUT2D eigenvalue weighted by Gasteiger charge is -2.42. The van der Waals surface area contributed by atoms with Gasteiger partial charge in [0.05, 0.1) is 12.3 Å². The zero-order chi connectivity index (χ0) is 20.5. The van der Waals surface area contributed by atoms with E-state index in [4.69, 9.17) is 22.3 Å². The number of hydrogen-bond acceptors (Lipinski definition) is 8. The normalized spacial score (nSPS) is 17.6. The molecule has 1 aliphatic heterocycles. The van der Waals surface area contributed by atoms with E-state index in [9.17, 15) is 10.2 Å². The van der Waals surface area contributed by atoms with Gasteiger partial charge in [0.15, 0.2) is 5.82 Å². The Bertz CT molecular complexity index is 856. The Balaban J connectivity index is 1.85. The largest absolute Gasteiger partial charge is 0.492 e. The molecule has 3 heterocycles. The molecule has 0 bridgehead atoms. The van der Waals surface area contributed by atoms with Gasteiger partial charge in [0, 0.05) is 30.2 Å². The Labute approximate surface area is 174 Å². The molecule has 2 aromatic heterocycles. The van der Waals surface area contributed by atoms with Crippen molar-refractivity contribution >= 4 is 29.2 Å². The van der Waals surface area contributed by atoms with Gasteiger partial charge in [0.1, 0.15) is 15.7 Å². The lowest BCUT2D eigenvalue weighted by Crippen LogP contribution is -2.47. The van der Waals surface area contributed by atoms with Crippen LogP contribution >= 0.6 is 23.4 Å². The Hall–Kier alpha value is -1.61. The van der Waals surface area contributed by atoms with Gasteiger partial charge in [-0.15, -0.1) is 0 Å². The van der Waals surface area contributed by atoms with Crippen LogP contribution in [0.15, 0.2) is 22.2 Å². The number of pyridine rings is 1. The van der Waals surface area contributed by atoms with Crippen molar-refractivity contribution < 1.29 is 10.2 Å². The summed E-state index contributed by atoms with van der Waals surface area (Å²) in [6, 6.07) is 1.85. The summed E-state index contributed by atoms with van der Waals surface area (Å²) >= 11 is 7.42. The molecular formula is C19H26ClN5O2S. The maximum atomic E-state index is 9.89. The van der Waals surface area contributed by atoms with Crippen molar-refractivity contribution in [2.45, 2.75) is 56.2 Å². The fraction of sp³-hybridized carbons (Fsp3) is 0.526. The molecule has 1 saturated heterocycles. The third-order valence-corrected chi connectivity index (χ3v) is 7.20. The van der Waals surface area contributed by atoms with Crippen LogP contribution in [0.25, 0.3) is 0 Å². The minimum atomic E-state index is -0.221. The van der Waals surface area contributed by atoms with Gasteiger partial charge in [-0.25, -0.2) is 15.0 Å². The topological polar surface area (TPSA) is 108 Å². The van der Waals surface area contributed by atoms with Gasteiger partial charge >= 0.3 is 0 Å². The van der Waals surface area contributed by atoms with Crippen molar-refractivity contribution in [1.29, 1.82) is 0 Å². The molecule has 0 unspecified atom stereocenters. The molecule has 0 amide bonds. The van der Waals surface area contributed by atoms with Crippen molar-refractivity contribution in [3.63, 3.8) is 0 Å². The van der Waals surface area contributed by atoms with Crippen LogP contribution in [-0.2, 0) is 6.61 Å². The van der Waals surface area contributed by atoms with Gasteiger partial charge in [0.2, 0.25) is 5.88 Å². The van der Waals surface area contributed by atoms with Gasteiger partial charge in [0.25, 0.3) is 0 Å². The molecule has 9 heteroatoms. The van der Waals surface area contributed by atoms with E-state index in [1.807, 2.05) is 6.92 Å². The van der Waals surface area contributed by atoms with Crippen molar-refractivity contribution in [2.24, 2.45) is 11.1 Å². The fourth-order valence-electron chi connectivity index (χ4n) is 3.26. The summed E-state index contributed by atoms with van der Waals surface area (Å²) in [6.07, 6.45) is 3.42. The highest BCUT2D eigenvalue weighted by Gasteiger charge is 2.34. The number of aromatic nitrogens is 3. The first-order valence-electron chi connectivity index (χ1n) is 9.25. The summed E-state index contributed by atoms with van der Waals surface area (Å²) in [6.45, 7) is 7.63. The van der Waals surface area contributed by atoms with Crippen molar-refractivity contribution in [3.05, 3.63) is 28.7 Å². The predicted octanol–water partition coefficient (Wildman–Crippen LogP) is 3.14. The third kappa shape index (κ3) is 4.20. The molecule has 0 aromatic carbocycles. The number of aromatic hydroxyl groups is 1.